The monoisotopic (exact) mass is 340 g/mol. The number of carbonyl (C=O) groups is 2. The predicted molar refractivity (Wildman–Crippen MR) is 91.3 cm³/mol. The van der Waals surface area contributed by atoms with Crippen LogP contribution >= 0.6 is 0 Å². The van der Waals surface area contributed by atoms with Crippen molar-refractivity contribution in [3.05, 3.63) is 42.5 Å². The standard InChI is InChI=1S/C15H16N8O2/c1-8(12(16)24)20-15-19-6-10(13(17)25)14(22-15)21-9-2-3-11-18-4-5-23(11)7-9/h2-8H,1H3,(H2,16,24)(H2,17,25)(H2,19,20,21,22)/t8-/m1/s1. The van der Waals surface area contributed by atoms with Crippen LogP contribution in [-0.2, 0) is 4.79 Å². The molecule has 3 aromatic heterocycles. The van der Waals surface area contributed by atoms with E-state index in [1.165, 1.54) is 6.20 Å². The molecule has 2 amide bonds. The Balaban J connectivity index is 1.93. The first kappa shape index (κ1) is 16.2. The number of imidazole rings is 1. The Morgan fingerprint density at radius 2 is 2.04 bits per heavy atom. The molecule has 3 aromatic rings. The fourth-order valence-electron chi connectivity index (χ4n) is 2.12. The summed E-state index contributed by atoms with van der Waals surface area (Å²) in [6.45, 7) is 1.58. The number of anilines is 3. The van der Waals surface area contributed by atoms with E-state index in [1.807, 2.05) is 10.5 Å². The van der Waals surface area contributed by atoms with Crippen LogP contribution in [0.5, 0.6) is 0 Å². The lowest BCUT2D eigenvalue weighted by Crippen LogP contribution is -2.33. The Morgan fingerprint density at radius 3 is 2.76 bits per heavy atom. The van der Waals surface area contributed by atoms with E-state index in [2.05, 4.69) is 25.6 Å². The second-order valence-electron chi connectivity index (χ2n) is 5.32. The van der Waals surface area contributed by atoms with Gasteiger partial charge in [0.1, 0.15) is 23.1 Å². The summed E-state index contributed by atoms with van der Waals surface area (Å²) in [5.41, 5.74) is 12.1. The van der Waals surface area contributed by atoms with Crippen LogP contribution in [0, 0.1) is 0 Å². The molecule has 0 saturated heterocycles. The number of fused-ring (bicyclic) bond motifs is 1. The van der Waals surface area contributed by atoms with E-state index in [1.54, 1.807) is 31.6 Å². The molecule has 0 saturated carbocycles. The van der Waals surface area contributed by atoms with Gasteiger partial charge in [-0.3, -0.25) is 9.59 Å². The van der Waals surface area contributed by atoms with Gasteiger partial charge in [0, 0.05) is 24.8 Å². The topological polar surface area (TPSA) is 153 Å². The number of hydrogen-bond acceptors (Lipinski definition) is 7. The van der Waals surface area contributed by atoms with E-state index in [-0.39, 0.29) is 17.3 Å². The zero-order valence-corrected chi connectivity index (χ0v) is 13.3. The van der Waals surface area contributed by atoms with Crippen molar-refractivity contribution in [2.75, 3.05) is 10.6 Å². The Morgan fingerprint density at radius 1 is 1.24 bits per heavy atom. The molecule has 3 heterocycles. The molecule has 1 atom stereocenters. The van der Waals surface area contributed by atoms with E-state index >= 15 is 0 Å². The molecule has 0 bridgehead atoms. The van der Waals surface area contributed by atoms with E-state index in [4.69, 9.17) is 11.5 Å². The zero-order valence-electron chi connectivity index (χ0n) is 13.3. The highest BCUT2D eigenvalue weighted by Crippen LogP contribution is 2.20. The van der Waals surface area contributed by atoms with Crippen LogP contribution in [0.4, 0.5) is 17.5 Å². The number of aromatic nitrogens is 4. The van der Waals surface area contributed by atoms with E-state index in [9.17, 15) is 9.59 Å². The first-order valence-electron chi connectivity index (χ1n) is 7.36. The molecule has 0 fully saturated rings. The Kier molecular flexibility index (Phi) is 4.16. The fourth-order valence-corrected chi connectivity index (χ4v) is 2.12. The highest BCUT2D eigenvalue weighted by molar-refractivity contribution is 5.98. The molecule has 128 valence electrons. The predicted octanol–water partition coefficient (Wildman–Crippen LogP) is 0.252. The van der Waals surface area contributed by atoms with Crippen molar-refractivity contribution in [3.63, 3.8) is 0 Å². The van der Waals surface area contributed by atoms with Crippen molar-refractivity contribution < 1.29 is 9.59 Å². The van der Waals surface area contributed by atoms with Crippen LogP contribution in [0.2, 0.25) is 0 Å². The summed E-state index contributed by atoms with van der Waals surface area (Å²) in [5.74, 6) is -0.882. The van der Waals surface area contributed by atoms with Crippen LogP contribution < -0.4 is 22.1 Å². The molecular formula is C15H16N8O2. The zero-order chi connectivity index (χ0) is 18.0. The lowest BCUT2D eigenvalue weighted by atomic mass is 10.3. The summed E-state index contributed by atoms with van der Waals surface area (Å²) in [5, 5.41) is 5.78. The van der Waals surface area contributed by atoms with Gasteiger partial charge in [0.2, 0.25) is 11.9 Å². The minimum atomic E-state index is -0.680. The summed E-state index contributed by atoms with van der Waals surface area (Å²) < 4.78 is 1.81. The summed E-state index contributed by atoms with van der Waals surface area (Å²) in [6, 6.07) is 2.92. The summed E-state index contributed by atoms with van der Waals surface area (Å²) in [4.78, 5) is 35.1. The van der Waals surface area contributed by atoms with Gasteiger partial charge in [0.15, 0.2) is 0 Å². The van der Waals surface area contributed by atoms with Gasteiger partial charge in [-0.15, -0.1) is 0 Å². The third-order valence-electron chi connectivity index (χ3n) is 3.48. The van der Waals surface area contributed by atoms with Gasteiger partial charge in [-0.1, -0.05) is 0 Å². The SMILES string of the molecule is C[C@@H](Nc1ncc(C(N)=O)c(Nc2ccc3nccn3c2)n1)C(N)=O. The van der Waals surface area contributed by atoms with E-state index in [0.29, 0.717) is 5.69 Å². The third kappa shape index (κ3) is 3.47. The molecule has 6 N–H and O–H groups in total. The number of nitrogens with two attached hydrogens (primary N) is 2. The van der Waals surface area contributed by atoms with Crippen LogP contribution in [0.15, 0.2) is 36.9 Å². The van der Waals surface area contributed by atoms with Gasteiger partial charge in [-0.25, -0.2) is 9.97 Å². The molecule has 10 heteroatoms. The summed E-state index contributed by atoms with van der Waals surface area (Å²) in [7, 11) is 0. The van der Waals surface area contributed by atoms with Crippen LogP contribution in [-0.4, -0.2) is 37.2 Å². The number of amides is 2. The minimum Gasteiger partial charge on any atom is -0.368 e. The van der Waals surface area contributed by atoms with Crippen LogP contribution in [0.1, 0.15) is 17.3 Å². The lowest BCUT2D eigenvalue weighted by Gasteiger charge is -2.13. The second-order valence-corrected chi connectivity index (χ2v) is 5.32. The molecule has 0 aliphatic heterocycles. The number of carbonyl (C=O) groups excluding carboxylic acids is 2. The molecule has 0 aliphatic carbocycles. The highest BCUT2D eigenvalue weighted by atomic mass is 16.1. The van der Waals surface area contributed by atoms with Gasteiger partial charge in [0.05, 0.1) is 5.69 Å². The van der Waals surface area contributed by atoms with Gasteiger partial charge in [-0.2, -0.15) is 4.98 Å². The van der Waals surface area contributed by atoms with Crippen LogP contribution in [0.25, 0.3) is 5.65 Å². The molecule has 0 aromatic carbocycles. The molecule has 25 heavy (non-hydrogen) atoms. The Labute approximate surface area is 142 Å². The van der Waals surface area contributed by atoms with Gasteiger partial charge < -0.3 is 26.5 Å². The number of hydrogen-bond donors (Lipinski definition) is 4. The summed E-state index contributed by atoms with van der Waals surface area (Å²) >= 11 is 0. The minimum absolute atomic E-state index is 0.114. The Hall–Kier alpha value is -3.69. The molecule has 10 nitrogen and oxygen atoms in total. The molecule has 0 spiro atoms. The van der Waals surface area contributed by atoms with Crippen molar-refractivity contribution >= 4 is 34.9 Å². The number of nitrogens with zero attached hydrogens (tertiary/aromatic N) is 4. The average Bonchev–Trinajstić information content (AvgIpc) is 3.02. The molecular weight excluding hydrogens is 324 g/mol. The van der Waals surface area contributed by atoms with Crippen molar-refractivity contribution in [2.24, 2.45) is 11.5 Å². The highest BCUT2D eigenvalue weighted by Gasteiger charge is 2.15. The maximum atomic E-state index is 11.6. The first-order chi connectivity index (χ1) is 11.9. The smallest absolute Gasteiger partial charge is 0.254 e. The van der Waals surface area contributed by atoms with E-state index < -0.39 is 17.9 Å². The van der Waals surface area contributed by atoms with Crippen molar-refractivity contribution in [3.8, 4) is 0 Å². The van der Waals surface area contributed by atoms with Gasteiger partial charge in [-0.05, 0) is 19.1 Å². The normalized spacial score (nSPS) is 11.9. The second kappa shape index (κ2) is 6.43. The van der Waals surface area contributed by atoms with E-state index in [0.717, 1.165) is 5.65 Å². The third-order valence-corrected chi connectivity index (χ3v) is 3.48. The summed E-state index contributed by atoms with van der Waals surface area (Å²) in [6.07, 6.45) is 6.53. The lowest BCUT2D eigenvalue weighted by molar-refractivity contribution is -0.118. The Bertz CT molecular complexity index is 952. The number of pyridine rings is 1. The number of nitrogens with one attached hydrogen (secondary N) is 2. The fraction of sp³-hybridized carbons (Fsp3) is 0.133. The molecule has 0 radical (unpaired) electrons. The quantitative estimate of drug-likeness (QED) is 0.501. The van der Waals surface area contributed by atoms with Crippen molar-refractivity contribution in [1.29, 1.82) is 0 Å². The van der Waals surface area contributed by atoms with Crippen molar-refractivity contribution in [1.82, 2.24) is 19.4 Å². The maximum absolute atomic E-state index is 11.6. The largest absolute Gasteiger partial charge is 0.368 e. The van der Waals surface area contributed by atoms with Crippen molar-refractivity contribution in [2.45, 2.75) is 13.0 Å². The number of rotatable bonds is 6. The molecule has 0 aliphatic rings. The van der Waals surface area contributed by atoms with Gasteiger partial charge >= 0.3 is 0 Å². The van der Waals surface area contributed by atoms with Crippen LogP contribution in [0.3, 0.4) is 0 Å². The molecule has 0 unspecified atom stereocenters. The van der Waals surface area contributed by atoms with Gasteiger partial charge in [0.25, 0.3) is 5.91 Å². The number of primary amides is 2. The average molecular weight is 340 g/mol. The maximum Gasteiger partial charge on any atom is 0.254 e. The first-order valence-corrected chi connectivity index (χ1v) is 7.36. The molecule has 3 rings (SSSR count).